The Morgan fingerprint density at radius 3 is 2.39 bits per heavy atom. The number of piperidine rings is 1. The van der Waals surface area contributed by atoms with Gasteiger partial charge in [0.25, 0.3) is 0 Å². The molecular formula is C14H28N2O2. The van der Waals surface area contributed by atoms with Crippen molar-refractivity contribution in [3.63, 3.8) is 0 Å². The predicted molar refractivity (Wildman–Crippen MR) is 73.5 cm³/mol. The lowest BCUT2D eigenvalue weighted by atomic mass is 9.92. The number of rotatable bonds is 5. The number of carbonyl (C=O) groups excluding carboxylic acids is 1. The fourth-order valence-corrected chi connectivity index (χ4v) is 2.37. The molecule has 0 saturated carbocycles. The van der Waals surface area contributed by atoms with E-state index in [0.717, 1.165) is 25.9 Å². The Morgan fingerprint density at radius 2 is 1.94 bits per heavy atom. The molecule has 0 aromatic carbocycles. The lowest BCUT2D eigenvalue weighted by Crippen LogP contribution is -2.48. The van der Waals surface area contributed by atoms with Gasteiger partial charge in [-0.25, -0.2) is 0 Å². The van der Waals surface area contributed by atoms with Gasteiger partial charge < -0.3 is 15.0 Å². The van der Waals surface area contributed by atoms with Crippen LogP contribution in [0.1, 0.15) is 40.5 Å². The molecule has 1 aliphatic heterocycles. The molecule has 0 amide bonds. The van der Waals surface area contributed by atoms with Crippen molar-refractivity contribution in [3.8, 4) is 0 Å². The van der Waals surface area contributed by atoms with Gasteiger partial charge >= 0.3 is 5.97 Å². The number of esters is 1. The first kappa shape index (κ1) is 15.4. The summed E-state index contributed by atoms with van der Waals surface area (Å²) >= 11 is 0. The largest absolute Gasteiger partial charge is 0.469 e. The second kappa shape index (κ2) is 6.53. The minimum absolute atomic E-state index is 0.144. The number of ether oxygens (including phenoxy) is 1. The van der Waals surface area contributed by atoms with E-state index in [9.17, 15) is 4.79 Å². The fraction of sp³-hybridized carbons (Fsp3) is 0.929. The zero-order valence-corrected chi connectivity index (χ0v) is 12.5. The molecule has 0 spiro atoms. The minimum Gasteiger partial charge on any atom is -0.469 e. The first-order valence-corrected chi connectivity index (χ1v) is 6.92. The summed E-state index contributed by atoms with van der Waals surface area (Å²) in [5, 5.41) is 3.51. The number of hydrogen-bond donors (Lipinski definition) is 1. The number of carbonyl (C=O) groups is 1. The SMILES string of the molecule is COC(=O)C(C)(C)CNC1CCN(C(C)C)CC1. The van der Waals surface area contributed by atoms with Gasteiger partial charge in [0, 0.05) is 18.6 Å². The number of nitrogens with zero attached hydrogens (tertiary/aromatic N) is 1. The van der Waals surface area contributed by atoms with Gasteiger partial charge in [0.2, 0.25) is 0 Å². The molecule has 0 bridgehead atoms. The van der Waals surface area contributed by atoms with Crippen LogP contribution in [0.25, 0.3) is 0 Å². The van der Waals surface area contributed by atoms with E-state index in [0.29, 0.717) is 18.6 Å². The molecule has 1 saturated heterocycles. The van der Waals surface area contributed by atoms with Crippen molar-refractivity contribution < 1.29 is 9.53 Å². The molecule has 0 unspecified atom stereocenters. The fourth-order valence-electron chi connectivity index (χ4n) is 2.37. The van der Waals surface area contributed by atoms with Crippen molar-refractivity contribution in [1.29, 1.82) is 0 Å². The van der Waals surface area contributed by atoms with Crippen molar-refractivity contribution >= 4 is 5.97 Å². The zero-order valence-electron chi connectivity index (χ0n) is 12.5. The molecule has 4 nitrogen and oxygen atoms in total. The van der Waals surface area contributed by atoms with E-state index in [1.807, 2.05) is 13.8 Å². The van der Waals surface area contributed by atoms with Crippen molar-refractivity contribution in [2.45, 2.75) is 52.6 Å². The van der Waals surface area contributed by atoms with E-state index in [4.69, 9.17) is 4.74 Å². The predicted octanol–water partition coefficient (Wildman–Crippen LogP) is 1.65. The molecule has 1 fully saturated rings. The Morgan fingerprint density at radius 1 is 1.39 bits per heavy atom. The van der Waals surface area contributed by atoms with Crippen LogP contribution in [0, 0.1) is 5.41 Å². The molecule has 0 aromatic heterocycles. The molecule has 0 aliphatic carbocycles. The Kier molecular flexibility index (Phi) is 5.60. The van der Waals surface area contributed by atoms with Crippen molar-refractivity contribution in [3.05, 3.63) is 0 Å². The van der Waals surface area contributed by atoms with Gasteiger partial charge in [-0.3, -0.25) is 4.79 Å². The van der Waals surface area contributed by atoms with Crippen LogP contribution in [0.4, 0.5) is 0 Å². The lowest BCUT2D eigenvalue weighted by molar-refractivity contribution is -0.150. The van der Waals surface area contributed by atoms with E-state index in [1.54, 1.807) is 0 Å². The number of methoxy groups -OCH3 is 1. The third kappa shape index (κ3) is 4.25. The average molecular weight is 256 g/mol. The Hall–Kier alpha value is -0.610. The van der Waals surface area contributed by atoms with Crippen molar-refractivity contribution in [2.24, 2.45) is 5.41 Å². The van der Waals surface area contributed by atoms with Crippen LogP contribution < -0.4 is 5.32 Å². The summed E-state index contributed by atoms with van der Waals surface area (Å²) in [6.07, 6.45) is 2.32. The molecule has 4 heteroatoms. The smallest absolute Gasteiger partial charge is 0.312 e. The highest BCUT2D eigenvalue weighted by Crippen LogP contribution is 2.18. The molecule has 106 valence electrons. The van der Waals surface area contributed by atoms with Crippen LogP contribution in [-0.2, 0) is 9.53 Å². The minimum atomic E-state index is -0.441. The third-order valence-electron chi connectivity index (χ3n) is 3.83. The number of hydrogen-bond acceptors (Lipinski definition) is 4. The highest BCUT2D eigenvalue weighted by atomic mass is 16.5. The van der Waals surface area contributed by atoms with Gasteiger partial charge in [-0.2, -0.15) is 0 Å². The third-order valence-corrected chi connectivity index (χ3v) is 3.83. The molecular weight excluding hydrogens is 228 g/mol. The van der Waals surface area contributed by atoms with Crippen LogP contribution in [0.15, 0.2) is 0 Å². The topological polar surface area (TPSA) is 41.6 Å². The van der Waals surface area contributed by atoms with Gasteiger partial charge in [-0.1, -0.05) is 0 Å². The number of likely N-dealkylation sites (tertiary alicyclic amines) is 1. The van der Waals surface area contributed by atoms with Crippen molar-refractivity contribution in [1.82, 2.24) is 10.2 Å². The van der Waals surface area contributed by atoms with Crippen LogP contribution in [0.3, 0.4) is 0 Å². The zero-order chi connectivity index (χ0) is 13.8. The van der Waals surface area contributed by atoms with E-state index >= 15 is 0 Å². The van der Waals surface area contributed by atoms with Crippen LogP contribution in [0.2, 0.25) is 0 Å². The molecule has 1 N–H and O–H groups in total. The monoisotopic (exact) mass is 256 g/mol. The second-order valence-corrected chi connectivity index (χ2v) is 6.16. The van der Waals surface area contributed by atoms with Crippen LogP contribution >= 0.6 is 0 Å². The average Bonchev–Trinajstić information content (AvgIpc) is 2.35. The van der Waals surface area contributed by atoms with Crippen LogP contribution in [-0.4, -0.2) is 49.7 Å². The number of nitrogens with one attached hydrogen (secondary N) is 1. The van der Waals surface area contributed by atoms with E-state index in [2.05, 4.69) is 24.1 Å². The summed E-state index contributed by atoms with van der Waals surface area (Å²) in [5.41, 5.74) is -0.441. The standard InChI is InChI=1S/C14H28N2O2/c1-11(2)16-8-6-12(7-9-16)15-10-14(3,4)13(17)18-5/h11-12,15H,6-10H2,1-5H3. The summed E-state index contributed by atoms with van der Waals surface area (Å²) in [7, 11) is 1.45. The normalized spacial score (nSPS) is 19.2. The summed E-state index contributed by atoms with van der Waals surface area (Å²) in [6, 6.07) is 1.17. The van der Waals surface area contributed by atoms with E-state index in [-0.39, 0.29) is 5.97 Å². The molecule has 1 heterocycles. The molecule has 0 atom stereocenters. The van der Waals surface area contributed by atoms with Gasteiger partial charge in [0.1, 0.15) is 0 Å². The lowest BCUT2D eigenvalue weighted by Gasteiger charge is -2.36. The molecule has 1 rings (SSSR count). The van der Waals surface area contributed by atoms with Crippen LogP contribution in [0.5, 0.6) is 0 Å². The highest BCUT2D eigenvalue weighted by molar-refractivity contribution is 5.76. The molecule has 18 heavy (non-hydrogen) atoms. The first-order chi connectivity index (χ1) is 8.36. The second-order valence-electron chi connectivity index (χ2n) is 6.16. The maximum Gasteiger partial charge on any atom is 0.312 e. The maximum atomic E-state index is 11.6. The first-order valence-electron chi connectivity index (χ1n) is 6.92. The summed E-state index contributed by atoms with van der Waals surface area (Å²) in [5.74, 6) is -0.144. The maximum absolute atomic E-state index is 11.6. The van der Waals surface area contributed by atoms with Gasteiger partial charge in [-0.15, -0.1) is 0 Å². The van der Waals surface area contributed by atoms with Gasteiger partial charge in [-0.05, 0) is 53.6 Å². The summed E-state index contributed by atoms with van der Waals surface area (Å²) < 4.78 is 4.82. The Balaban J connectivity index is 2.32. The van der Waals surface area contributed by atoms with Gasteiger partial charge in [0.05, 0.1) is 12.5 Å². The van der Waals surface area contributed by atoms with Gasteiger partial charge in [0.15, 0.2) is 0 Å². The summed E-state index contributed by atoms with van der Waals surface area (Å²) in [6.45, 7) is 11.3. The highest BCUT2D eigenvalue weighted by Gasteiger charge is 2.30. The molecule has 0 aromatic rings. The quantitative estimate of drug-likeness (QED) is 0.759. The Bertz CT molecular complexity index is 269. The molecule has 1 aliphatic rings. The van der Waals surface area contributed by atoms with E-state index < -0.39 is 5.41 Å². The van der Waals surface area contributed by atoms with E-state index in [1.165, 1.54) is 7.11 Å². The molecule has 0 radical (unpaired) electrons. The Labute approximate surface area is 111 Å². The summed E-state index contributed by atoms with van der Waals surface area (Å²) in [4.78, 5) is 14.1. The van der Waals surface area contributed by atoms with Crippen molar-refractivity contribution in [2.75, 3.05) is 26.7 Å².